The predicted molar refractivity (Wildman–Crippen MR) is 58.7 cm³/mol. The predicted octanol–water partition coefficient (Wildman–Crippen LogP) is 1.62. The first-order valence-electron chi connectivity index (χ1n) is 6.01. The maximum atomic E-state index is 11.1. The molecular weight excluding hydrogens is 204 g/mol. The first kappa shape index (κ1) is 11.4. The molecule has 0 aromatic rings. The highest BCUT2D eigenvalue weighted by Gasteiger charge is 2.45. The van der Waals surface area contributed by atoms with Gasteiger partial charge in [0.2, 0.25) is 0 Å². The second-order valence-electron chi connectivity index (χ2n) is 5.16. The van der Waals surface area contributed by atoms with Crippen LogP contribution in [0.25, 0.3) is 0 Å². The minimum atomic E-state index is -0.701. The van der Waals surface area contributed by atoms with Gasteiger partial charge in [-0.2, -0.15) is 5.26 Å². The van der Waals surface area contributed by atoms with Crippen molar-refractivity contribution >= 4 is 5.97 Å². The maximum Gasteiger partial charge on any atom is 0.320 e. The van der Waals surface area contributed by atoms with Crippen LogP contribution < -0.4 is 0 Å². The molecule has 4 heteroatoms. The summed E-state index contributed by atoms with van der Waals surface area (Å²) in [5.41, 5.74) is 0.125. The van der Waals surface area contributed by atoms with E-state index in [1.165, 1.54) is 0 Å². The van der Waals surface area contributed by atoms with Crippen LogP contribution in [-0.2, 0) is 4.79 Å². The number of aliphatic carboxylic acids is 1. The van der Waals surface area contributed by atoms with Crippen LogP contribution in [0.3, 0.4) is 0 Å². The van der Waals surface area contributed by atoms with Crippen LogP contribution in [0.2, 0.25) is 0 Å². The number of carboxylic acid groups (broad SMARTS) is 1. The van der Waals surface area contributed by atoms with Gasteiger partial charge < -0.3 is 5.11 Å². The lowest BCUT2D eigenvalue weighted by atomic mass is 9.97. The van der Waals surface area contributed by atoms with Gasteiger partial charge in [-0.25, -0.2) is 0 Å². The van der Waals surface area contributed by atoms with Crippen LogP contribution in [0.5, 0.6) is 0 Å². The maximum absolute atomic E-state index is 11.1. The molecular formula is C12H18N2O2. The second-order valence-corrected chi connectivity index (χ2v) is 5.16. The molecule has 2 fully saturated rings. The Morgan fingerprint density at radius 3 is 2.81 bits per heavy atom. The average Bonchev–Trinajstić information content (AvgIpc) is 2.99. The molecule has 4 nitrogen and oxygen atoms in total. The van der Waals surface area contributed by atoms with Gasteiger partial charge in [0.05, 0.1) is 6.07 Å². The number of hydrogen-bond acceptors (Lipinski definition) is 3. The van der Waals surface area contributed by atoms with Crippen molar-refractivity contribution in [2.75, 3.05) is 13.1 Å². The van der Waals surface area contributed by atoms with Crippen LogP contribution in [0, 0.1) is 16.7 Å². The van der Waals surface area contributed by atoms with E-state index in [0.29, 0.717) is 6.42 Å². The fraction of sp³-hybridized carbons (Fsp3) is 0.833. The van der Waals surface area contributed by atoms with Crippen molar-refractivity contribution in [1.82, 2.24) is 4.90 Å². The zero-order chi connectivity index (χ0) is 11.6. The van der Waals surface area contributed by atoms with Gasteiger partial charge in [0.25, 0.3) is 0 Å². The first-order valence-corrected chi connectivity index (χ1v) is 6.01. The summed E-state index contributed by atoms with van der Waals surface area (Å²) >= 11 is 0. The molecule has 2 aliphatic rings. The standard InChI is InChI=1S/C12H18N2O2/c13-7-6-12(4-5-12)9-14-8-2-1-3-10(14)11(15)16/h10H,1-6,8-9H2,(H,15,16). The van der Waals surface area contributed by atoms with E-state index in [2.05, 4.69) is 11.0 Å². The number of nitrogens with zero attached hydrogens (tertiary/aromatic N) is 2. The Bertz CT molecular complexity index is 317. The topological polar surface area (TPSA) is 64.3 Å². The molecule has 0 aromatic carbocycles. The van der Waals surface area contributed by atoms with Gasteiger partial charge in [-0.15, -0.1) is 0 Å². The van der Waals surface area contributed by atoms with E-state index >= 15 is 0 Å². The van der Waals surface area contributed by atoms with Crippen LogP contribution in [0.1, 0.15) is 38.5 Å². The van der Waals surface area contributed by atoms with Gasteiger partial charge in [-0.1, -0.05) is 6.42 Å². The highest BCUT2D eigenvalue weighted by Crippen LogP contribution is 2.49. The molecule has 88 valence electrons. The van der Waals surface area contributed by atoms with Gasteiger partial charge in [-0.3, -0.25) is 9.69 Å². The van der Waals surface area contributed by atoms with Crippen LogP contribution in [0.4, 0.5) is 0 Å². The normalized spacial score (nSPS) is 28.3. The molecule has 1 heterocycles. The van der Waals surface area contributed by atoms with Crippen LogP contribution >= 0.6 is 0 Å². The lowest BCUT2D eigenvalue weighted by molar-refractivity contribution is -0.145. The summed E-state index contributed by atoms with van der Waals surface area (Å²) in [4.78, 5) is 13.2. The Morgan fingerprint density at radius 1 is 1.50 bits per heavy atom. The van der Waals surface area contributed by atoms with Crippen molar-refractivity contribution in [1.29, 1.82) is 5.26 Å². The highest BCUT2D eigenvalue weighted by atomic mass is 16.4. The molecule has 1 N–H and O–H groups in total. The highest BCUT2D eigenvalue weighted by molar-refractivity contribution is 5.73. The van der Waals surface area contributed by atoms with Crippen LogP contribution in [-0.4, -0.2) is 35.1 Å². The van der Waals surface area contributed by atoms with Crippen molar-refractivity contribution in [3.05, 3.63) is 0 Å². The number of piperidine rings is 1. The fourth-order valence-electron chi connectivity index (χ4n) is 2.63. The molecule has 0 spiro atoms. The monoisotopic (exact) mass is 222 g/mol. The van der Waals surface area contributed by atoms with E-state index < -0.39 is 5.97 Å². The van der Waals surface area contributed by atoms with E-state index in [1.807, 2.05) is 0 Å². The fourth-order valence-corrected chi connectivity index (χ4v) is 2.63. The minimum Gasteiger partial charge on any atom is -0.480 e. The van der Waals surface area contributed by atoms with Crippen LogP contribution in [0.15, 0.2) is 0 Å². The van der Waals surface area contributed by atoms with Crippen molar-refractivity contribution in [2.24, 2.45) is 5.41 Å². The van der Waals surface area contributed by atoms with E-state index in [1.54, 1.807) is 0 Å². The van der Waals surface area contributed by atoms with Gasteiger partial charge in [0.15, 0.2) is 0 Å². The Hall–Kier alpha value is -1.08. The minimum absolute atomic E-state index is 0.125. The molecule has 2 rings (SSSR count). The molecule has 0 amide bonds. The zero-order valence-corrected chi connectivity index (χ0v) is 9.48. The number of rotatable bonds is 4. The molecule has 0 radical (unpaired) electrons. The third-order valence-electron chi connectivity index (χ3n) is 3.85. The number of carboxylic acids is 1. The molecule has 1 atom stereocenters. The SMILES string of the molecule is N#CCC1(CN2CCCCC2C(=O)O)CC1. The number of likely N-dealkylation sites (tertiary alicyclic amines) is 1. The first-order chi connectivity index (χ1) is 7.67. The van der Waals surface area contributed by atoms with Crippen molar-refractivity contribution in [3.63, 3.8) is 0 Å². The molecule has 1 aliphatic carbocycles. The largest absolute Gasteiger partial charge is 0.480 e. The van der Waals surface area contributed by atoms with E-state index in [0.717, 1.165) is 45.2 Å². The summed E-state index contributed by atoms with van der Waals surface area (Å²) in [7, 11) is 0. The van der Waals surface area contributed by atoms with Crippen molar-refractivity contribution in [2.45, 2.75) is 44.6 Å². The average molecular weight is 222 g/mol. The lowest BCUT2D eigenvalue weighted by Gasteiger charge is -2.35. The molecule has 0 bridgehead atoms. The van der Waals surface area contributed by atoms with E-state index in [9.17, 15) is 4.79 Å². The summed E-state index contributed by atoms with van der Waals surface area (Å²) in [6, 6.07) is 1.92. The molecule has 1 unspecified atom stereocenters. The smallest absolute Gasteiger partial charge is 0.320 e. The molecule has 16 heavy (non-hydrogen) atoms. The molecule has 1 saturated heterocycles. The summed E-state index contributed by atoms with van der Waals surface area (Å²) in [5, 5.41) is 17.9. The van der Waals surface area contributed by atoms with Gasteiger partial charge in [-0.05, 0) is 37.6 Å². The van der Waals surface area contributed by atoms with E-state index in [4.69, 9.17) is 10.4 Å². The lowest BCUT2D eigenvalue weighted by Crippen LogP contribution is -2.47. The van der Waals surface area contributed by atoms with E-state index in [-0.39, 0.29) is 11.5 Å². The second kappa shape index (κ2) is 4.42. The summed E-state index contributed by atoms with van der Waals surface area (Å²) in [6.45, 7) is 1.68. The Morgan fingerprint density at radius 2 is 2.25 bits per heavy atom. The van der Waals surface area contributed by atoms with Gasteiger partial charge in [0.1, 0.15) is 6.04 Å². The zero-order valence-electron chi connectivity index (χ0n) is 9.48. The third-order valence-corrected chi connectivity index (χ3v) is 3.85. The third kappa shape index (κ3) is 2.35. The Labute approximate surface area is 95.9 Å². The van der Waals surface area contributed by atoms with Crippen molar-refractivity contribution in [3.8, 4) is 6.07 Å². The number of hydrogen-bond donors (Lipinski definition) is 1. The molecule has 1 aliphatic heterocycles. The van der Waals surface area contributed by atoms with Gasteiger partial charge >= 0.3 is 5.97 Å². The number of nitriles is 1. The molecule has 1 saturated carbocycles. The van der Waals surface area contributed by atoms with Crippen molar-refractivity contribution < 1.29 is 9.90 Å². The quantitative estimate of drug-likeness (QED) is 0.785. The summed E-state index contributed by atoms with van der Waals surface area (Å²) < 4.78 is 0. The Balaban J connectivity index is 1.97. The van der Waals surface area contributed by atoms with Gasteiger partial charge in [0, 0.05) is 13.0 Å². The molecule has 0 aromatic heterocycles. The number of carbonyl (C=O) groups is 1. The Kier molecular flexibility index (Phi) is 3.15. The summed E-state index contributed by atoms with van der Waals surface area (Å²) in [6.07, 6.45) is 5.62. The summed E-state index contributed by atoms with van der Waals surface area (Å²) in [5.74, 6) is -0.701.